The van der Waals surface area contributed by atoms with Gasteiger partial charge in [0, 0.05) is 12.3 Å². The average Bonchev–Trinajstić information content (AvgIpc) is 3.23. The van der Waals surface area contributed by atoms with Crippen LogP contribution in [-0.4, -0.2) is 54.0 Å². The number of ether oxygens (including phenoxy) is 2. The van der Waals surface area contributed by atoms with E-state index in [1.54, 1.807) is 6.92 Å². The van der Waals surface area contributed by atoms with Crippen molar-refractivity contribution in [1.29, 1.82) is 0 Å². The highest BCUT2D eigenvalue weighted by Crippen LogP contribution is 2.61. The molecule has 0 amide bonds. The Labute approximate surface area is 161 Å². The number of Topliss-reactive ketones (excluding diaryl/α,β-unsaturated/α-hetero) is 1. The topological polar surface area (TPSA) is 93.1 Å². The smallest absolute Gasteiger partial charge is 0.332 e. The van der Waals surface area contributed by atoms with Crippen LogP contribution in [0.25, 0.3) is 0 Å². The zero-order chi connectivity index (χ0) is 19.8. The number of unbranched alkanes of at least 4 members (excludes halogenated alkanes) is 2. The van der Waals surface area contributed by atoms with Crippen molar-refractivity contribution in [3.63, 3.8) is 0 Å². The molecule has 0 saturated heterocycles. The fourth-order valence-electron chi connectivity index (χ4n) is 4.39. The normalized spacial score (nSPS) is 29.0. The number of allylic oxidation sites excluding steroid dienone is 1. The van der Waals surface area contributed by atoms with E-state index in [-0.39, 0.29) is 42.0 Å². The van der Waals surface area contributed by atoms with Crippen LogP contribution < -0.4 is 0 Å². The van der Waals surface area contributed by atoms with Crippen LogP contribution in [-0.2, 0) is 19.1 Å². The summed E-state index contributed by atoms with van der Waals surface area (Å²) in [6.45, 7) is 4.42. The number of carbonyl (C=O) groups excluding carboxylic acids is 2. The van der Waals surface area contributed by atoms with Gasteiger partial charge in [0.2, 0.25) is 0 Å². The highest BCUT2D eigenvalue weighted by Gasteiger charge is 2.64. The fraction of sp³-hybridized carbons (Fsp3) is 0.810. The first-order chi connectivity index (χ1) is 13.0. The van der Waals surface area contributed by atoms with Gasteiger partial charge in [-0.25, -0.2) is 4.79 Å². The Morgan fingerprint density at radius 1 is 1.26 bits per heavy atom. The van der Waals surface area contributed by atoms with Crippen LogP contribution in [0.2, 0.25) is 0 Å². The first-order valence-electron chi connectivity index (χ1n) is 10.3. The average molecular weight is 382 g/mol. The number of ketones is 1. The van der Waals surface area contributed by atoms with Gasteiger partial charge in [0.05, 0.1) is 25.4 Å². The van der Waals surface area contributed by atoms with E-state index in [0.717, 1.165) is 19.3 Å². The molecule has 0 radical (unpaired) electrons. The van der Waals surface area contributed by atoms with E-state index in [2.05, 4.69) is 6.92 Å². The van der Waals surface area contributed by atoms with Gasteiger partial charge >= 0.3 is 5.97 Å². The molecule has 2 aliphatic carbocycles. The van der Waals surface area contributed by atoms with Gasteiger partial charge in [-0.2, -0.15) is 0 Å². The van der Waals surface area contributed by atoms with E-state index in [0.29, 0.717) is 32.5 Å². The summed E-state index contributed by atoms with van der Waals surface area (Å²) in [5.74, 6) is 0.278. The number of rotatable bonds is 13. The van der Waals surface area contributed by atoms with Gasteiger partial charge in [-0.1, -0.05) is 38.3 Å². The number of aliphatic hydroxyl groups excluding tert-OH is 2. The summed E-state index contributed by atoms with van der Waals surface area (Å²) in [5, 5.41) is 20.7. The standard InChI is InChI=1S/C21H34O6/c1-3-5-6-10-16(22)21(25)20-15-12-17(23)14(19(15)20)9-7-8-11-26-13-18(24)27-4-2/h7-8,14-16,19-22,25H,3-6,9-13H2,1-2H3/b8-7+. The predicted octanol–water partition coefficient (Wildman–Crippen LogP) is 2.27. The summed E-state index contributed by atoms with van der Waals surface area (Å²) in [6.07, 6.45) is 7.16. The second-order valence-corrected chi connectivity index (χ2v) is 7.68. The van der Waals surface area contributed by atoms with Crippen molar-refractivity contribution in [2.45, 2.75) is 64.6 Å². The maximum atomic E-state index is 12.2. The van der Waals surface area contributed by atoms with Gasteiger partial charge in [-0.05, 0) is 37.5 Å². The molecule has 0 bridgehead atoms. The molecular formula is C21H34O6. The molecule has 6 heteroatoms. The Bertz CT molecular complexity index is 517. The minimum absolute atomic E-state index is 0.0535. The summed E-state index contributed by atoms with van der Waals surface area (Å²) in [6, 6.07) is 0. The molecule has 6 atom stereocenters. The molecule has 0 aliphatic heterocycles. The van der Waals surface area contributed by atoms with Crippen LogP contribution in [0, 0.1) is 23.7 Å². The Balaban J connectivity index is 1.71. The Morgan fingerprint density at radius 3 is 2.74 bits per heavy atom. The van der Waals surface area contributed by atoms with E-state index >= 15 is 0 Å². The summed E-state index contributed by atoms with van der Waals surface area (Å²) < 4.78 is 9.97. The predicted molar refractivity (Wildman–Crippen MR) is 101 cm³/mol. The second kappa shape index (κ2) is 10.9. The first-order valence-corrected chi connectivity index (χ1v) is 10.3. The molecule has 2 fully saturated rings. The van der Waals surface area contributed by atoms with E-state index in [4.69, 9.17) is 9.47 Å². The maximum Gasteiger partial charge on any atom is 0.332 e. The van der Waals surface area contributed by atoms with Crippen LogP contribution in [0.1, 0.15) is 52.4 Å². The molecule has 0 spiro atoms. The Morgan fingerprint density at radius 2 is 2.04 bits per heavy atom. The lowest BCUT2D eigenvalue weighted by molar-refractivity contribution is -0.147. The number of hydrogen-bond acceptors (Lipinski definition) is 6. The summed E-state index contributed by atoms with van der Waals surface area (Å²) >= 11 is 0. The zero-order valence-corrected chi connectivity index (χ0v) is 16.5. The SMILES string of the molecule is CCCCCC(O)C(O)C1C2CC(=O)C(C/C=C/COCC(=O)OCC)C21. The third kappa shape index (κ3) is 6.13. The summed E-state index contributed by atoms with van der Waals surface area (Å²) in [7, 11) is 0. The van der Waals surface area contributed by atoms with Crippen LogP contribution in [0.5, 0.6) is 0 Å². The highest BCUT2D eigenvalue weighted by atomic mass is 16.6. The van der Waals surface area contributed by atoms with E-state index in [9.17, 15) is 19.8 Å². The van der Waals surface area contributed by atoms with Crippen LogP contribution in [0.4, 0.5) is 0 Å². The minimum atomic E-state index is -0.718. The molecule has 6 unspecified atom stereocenters. The molecule has 2 N–H and O–H groups in total. The van der Waals surface area contributed by atoms with E-state index in [1.807, 2.05) is 12.2 Å². The molecule has 2 rings (SSSR count). The number of fused-ring (bicyclic) bond motifs is 1. The fourth-order valence-corrected chi connectivity index (χ4v) is 4.39. The molecule has 27 heavy (non-hydrogen) atoms. The van der Waals surface area contributed by atoms with Crippen molar-refractivity contribution < 1.29 is 29.3 Å². The molecule has 154 valence electrons. The first kappa shape index (κ1) is 22.1. The number of esters is 1. The zero-order valence-electron chi connectivity index (χ0n) is 16.5. The maximum absolute atomic E-state index is 12.2. The Kier molecular flexibility index (Phi) is 8.93. The van der Waals surface area contributed by atoms with Crippen molar-refractivity contribution in [3.05, 3.63) is 12.2 Å². The lowest BCUT2D eigenvalue weighted by Crippen LogP contribution is -2.31. The van der Waals surface area contributed by atoms with E-state index in [1.165, 1.54) is 0 Å². The largest absolute Gasteiger partial charge is 0.464 e. The molecule has 2 saturated carbocycles. The third-order valence-electron chi connectivity index (χ3n) is 5.80. The van der Waals surface area contributed by atoms with Crippen LogP contribution in [0.3, 0.4) is 0 Å². The molecule has 0 aromatic heterocycles. The molecule has 6 nitrogen and oxygen atoms in total. The van der Waals surface area contributed by atoms with Gasteiger partial charge in [0.1, 0.15) is 12.4 Å². The number of hydrogen-bond donors (Lipinski definition) is 2. The molecule has 0 aromatic carbocycles. The monoisotopic (exact) mass is 382 g/mol. The summed E-state index contributed by atoms with van der Waals surface area (Å²) in [5.41, 5.74) is 0. The van der Waals surface area contributed by atoms with Crippen LogP contribution >= 0.6 is 0 Å². The second-order valence-electron chi connectivity index (χ2n) is 7.68. The van der Waals surface area contributed by atoms with Crippen molar-refractivity contribution in [3.8, 4) is 0 Å². The molecule has 0 heterocycles. The minimum Gasteiger partial charge on any atom is -0.464 e. The summed E-state index contributed by atoms with van der Waals surface area (Å²) in [4.78, 5) is 23.3. The number of carbonyl (C=O) groups is 2. The number of aliphatic hydroxyl groups is 2. The third-order valence-corrected chi connectivity index (χ3v) is 5.80. The molecular weight excluding hydrogens is 348 g/mol. The quantitative estimate of drug-likeness (QED) is 0.288. The lowest BCUT2D eigenvalue weighted by atomic mass is 9.91. The highest BCUT2D eigenvalue weighted by molar-refractivity contribution is 5.85. The van der Waals surface area contributed by atoms with Crippen LogP contribution in [0.15, 0.2) is 12.2 Å². The van der Waals surface area contributed by atoms with Gasteiger partial charge < -0.3 is 19.7 Å². The van der Waals surface area contributed by atoms with E-state index < -0.39 is 12.2 Å². The van der Waals surface area contributed by atoms with Gasteiger partial charge in [-0.15, -0.1) is 0 Å². The molecule has 2 aliphatic rings. The van der Waals surface area contributed by atoms with Crippen molar-refractivity contribution in [2.75, 3.05) is 19.8 Å². The van der Waals surface area contributed by atoms with Gasteiger partial charge in [0.15, 0.2) is 0 Å². The van der Waals surface area contributed by atoms with Crippen molar-refractivity contribution in [2.24, 2.45) is 23.7 Å². The van der Waals surface area contributed by atoms with Crippen molar-refractivity contribution in [1.82, 2.24) is 0 Å². The lowest BCUT2D eigenvalue weighted by Gasteiger charge is -2.21. The van der Waals surface area contributed by atoms with Gasteiger partial charge in [-0.3, -0.25) is 4.79 Å². The Hall–Kier alpha value is -1.24. The molecule has 0 aromatic rings. The van der Waals surface area contributed by atoms with Crippen molar-refractivity contribution >= 4 is 11.8 Å². The van der Waals surface area contributed by atoms with Gasteiger partial charge in [0.25, 0.3) is 0 Å².